The van der Waals surface area contributed by atoms with Crippen molar-refractivity contribution in [2.75, 3.05) is 19.8 Å². The Balaban J connectivity index is 1.83. The Bertz CT molecular complexity index is 841. The molecule has 1 N–H and O–H groups in total. The highest BCUT2D eigenvalue weighted by atomic mass is 32.2. The van der Waals surface area contributed by atoms with Gasteiger partial charge in [-0.2, -0.15) is 0 Å². The first-order valence-corrected chi connectivity index (χ1v) is 13.2. The van der Waals surface area contributed by atoms with Gasteiger partial charge in [0.05, 0.1) is 35.8 Å². The highest BCUT2D eigenvalue weighted by Crippen LogP contribution is 2.61. The summed E-state index contributed by atoms with van der Waals surface area (Å²) in [6, 6.07) is -1.17. The normalized spacial score (nSPS) is 36.7. The number of carbonyl (C=O) groups is 3. The van der Waals surface area contributed by atoms with Crippen LogP contribution in [-0.4, -0.2) is 80.6 Å². The first kappa shape index (κ1) is 24.3. The van der Waals surface area contributed by atoms with Crippen molar-refractivity contribution >= 4 is 29.5 Å². The fourth-order valence-electron chi connectivity index (χ4n) is 5.99. The van der Waals surface area contributed by atoms with Crippen molar-refractivity contribution in [3.8, 4) is 0 Å². The lowest BCUT2D eigenvalue weighted by Crippen LogP contribution is -2.57. The molecule has 4 heterocycles. The molecule has 4 rings (SSSR count). The molecule has 1 spiro atoms. The van der Waals surface area contributed by atoms with Crippen LogP contribution in [0.5, 0.6) is 0 Å². The van der Waals surface area contributed by atoms with Gasteiger partial charge in [0.25, 0.3) is 0 Å². The van der Waals surface area contributed by atoms with Crippen LogP contribution in [0.4, 0.5) is 0 Å². The van der Waals surface area contributed by atoms with Crippen molar-refractivity contribution in [3.63, 3.8) is 0 Å². The maximum Gasteiger partial charge on any atom is 0.311 e. The van der Waals surface area contributed by atoms with Gasteiger partial charge in [-0.15, -0.1) is 11.8 Å². The Kier molecular flexibility index (Phi) is 7.24. The Hall–Kier alpha value is -1.80. The number of nitrogens with zero attached hydrogens (tertiary/aromatic N) is 2. The summed E-state index contributed by atoms with van der Waals surface area (Å²) in [5.74, 6) is -1.98. The van der Waals surface area contributed by atoms with Crippen LogP contribution < -0.4 is 0 Å². The van der Waals surface area contributed by atoms with Crippen LogP contribution in [0, 0.1) is 11.8 Å². The van der Waals surface area contributed by atoms with Gasteiger partial charge < -0.3 is 19.6 Å². The maximum atomic E-state index is 14.1. The number of hydrogen-bond donors (Lipinski definition) is 1. The smallest absolute Gasteiger partial charge is 0.311 e. The van der Waals surface area contributed by atoms with Gasteiger partial charge in [0, 0.05) is 17.8 Å². The molecular weight excluding hydrogens is 440 g/mol. The number of thioether (sulfide) groups is 1. The summed E-state index contributed by atoms with van der Waals surface area (Å²) in [7, 11) is 0. The molecule has 7 atom stereocenters. The molecular formula is C25H36N2O5S. The van der Waals surface area contributed by atoms with Crippen molar-refractivity contribution < 1.29 is 24.2 Å². The summed E-state index contributed by atoms with van der Waals surface area (Å²) in [5, 5.41) is 9.91. The predicted octanol–water partition coefficient (Wildman–Crippen LogP) is 2.53. The summed E-state index contributed by atoms with van der Waals surface area (Å²) >= 11 is 1.56. The van der Waals surface area contributed by atoms with Gasteiger partial charge in [-0.3, -0.25) is 14.4 Å². The number of carbonyl (C=O) groups excluding carboxylic acids is 3. The van der Waals surface area contributed by atoms with E-state index in [0.717, 1.165) is 25.7 Å². The van der Waals surface area contributed by atoms with E-state index in [4.69, 9.17) is 4.74 Å². The molecule has 0 aromatic carbocycles. The Morgan fingerprint density at radius 2 is 2.03 bits per heavy atom. The topological polar surface area (TPSA) is 87.2 Å². The van der Waals surface area contributed by atoms with Gasteiger partial charge >= 0.3 is 5.97 Å². The lowest BCUT2D eigenvalue weighted by atomic mass is 9.78. The molecule has 8 heteroatoms. The van der Waals surface area contributed by atoms with E-state index in [-0.39, 0.29) is 35.7 Å². The summed E-state index contributed by atoms with van der Waals surface area (Å²) in [6.07, 6.45) is 12.1. The number of likely N-dealkylation sites (tertiary alicyclic amines) is 1. The second kappa shape index (κ2) is 9.82. The first-order chi connectivity index (χ1) is 15.9. The summed E-state index contributed by atoms with van der Waals surface area (Å²) in [4.78, 5) is 44.8. The number of ether oxygens (including phenoxy) is 1. The minimum absolute atomic E-state index is 0.0426. The van der Waals surface area contributed by atoms with Gasteiger partial charge in [0.15, 0.2) is 0 Å². The number of allylic oxidation sites excluding steroid dienone is 1. The fourth-order valence-corrected chi connectivity index (χ4v) is 7.98. The minimum Gasteiger partial charge on any atom is -0.465 e. The van der Waals surface area contributed by atoms with Crippen molar-refractivity contribution in [3.05, 3.63) is 24.3 Å². The second-order valence-corrected chi connectivity index (χ2v) is 11.1. The number of esters is 1. The van der Waals surface area contributed by atoms with Crippen LogP contribution in [0.15, 0.2) is 24.3 Å². The number of fused-ring (bicyclic) bond motifs is 2. The monoisotopic (exact) mass is 476 g/mol. The van der Waals surface area contributed by atoms with Crippen molar-refractivity contribution in [2.24, 2.45) is 11.8 Å². The average Bonchev–Trinajstić information content (AvgIpc) is 3.20. The largest absolute Gasteiger partial charge is 0.465 e. The quantitative estimate of drug-likeness (QED) is 0.468. The van der Waals surface area contributed by atoms with Crippen LogP contribution in [0.2, 0.25) is 0 Å². The number of aliphatic hydroxyl groups excluding tert-OH is 1. The lowest BCUT2D eigenvalue weighted by molar-refractivity contribution is -0.153. The molecule has 4 aliphatic heterocycles. The van der Waals surface area contributed by atoms with Crippen LogP contribution in [0.3, 0.4) is 0 Å². The molecule has 4 aliphatic rings. The molecule has 0 aliphatic carbocycles. The minimum atomic E-state index is -0.852. The van der Waals surface area contributed by atoms with E-state index in [9.17, 15) is 19.5 Å². The maximum absolute atomic E-state index is 14.1. The summed E-state index contributed by atoms with van der Waals surface area (Å²) in [6.45, 7) is 6.67. The van der Waals surface area contributed by atoms with Crippen molar-refractivity contribution in [1.82, 2.24) is 9.80 Å². The van der Waals surface area contributed by atoms with E-state index >= 15 is 0 Å². The van der Waals surface area contributed by atoms with Crippen LogP contribution in [-0.2, 0) is 19.1 Å². The highest BCUT2D eigenvalue weighted by molar-refractivity contribution is 8.02. The van der Waals surface area contributed by atoms with Gasteiger partial charge in [-0.05, 0) is 32.6 Å². The van der Waals surface area contributed by atoms with Gasteiger partial charge in [-0.25, -0.2) is 0 Å². The molecule has 2 saturated heterocycles. The van der Waals surface area contributed by atoms with E-state index < -0.39 is 28.7 Å². The molecule has 182 valence electrons. The molecule has 2 unspecified atom stereocenters. The number of amides is 2. The van der Waals surface area contributed by atoms with Crippen LogP contribution in [0.1, 0.15) is 52.9 Å². The van der Waals surface area contributed by atoms with E-state index in [2.05, 4.69) is 19.9 Å². The Labute approximate surface area is 200 Å². The van der Waals surface area contributed by atoms with E-state index in [1.807, 2.05) is 30.1 Å². The predicted molar refractivity (Wildman–Crippen MR) is 127 cm³/mol. The third-order valence-corrected chi connectivity index (χ3v) is 9.38. The van der Waals surface area contributed by atoms with E-state index in [0.29, 0.717) is 19.6 Å². The molecule has 0 radical (unpaired) electrons. The standard InChI is InChI=1S/C25H36N2O5S/c1-4-10-16(3)26-13-9-12-25-20(19-18(33-25)11-7-6-8-14-32-24(19)31)22(29)27(17(5-2)15-28)21(25)23(26)30/h7,9,11-12,16-21,28H,4-6,8,10,13-15H2,1-3H3/b11-7-/t16?,17-,18-,19+,20-,21?,25-/m0/s1. The van der Waals surface area contributed by atoms with E-state index in [1.54, 1.807) is 16.7 Å². The molecule has 0 aromatic heterocycles. The number of rotatable bonds is 6. The number of aliphatic hydroxyl groups is 1. The number of cyclic esters (lactones) is 1. The average molecular weight is 477 g/mol. The zero-order chi connectivity index (χ0) is 23.8. The summed E-state index contributed by atoms with van der Waals surface area (Å²) < 4.78 is 4.72. The Morgan fingerprint density at radius 1 is 1.24 bits per heavy atom. The third-order valence-electron chi connectivity index (χ3n) is 7.63. The van der Waals surface area contributed by atoms with Crippen molar-refractivity contribution in [1.29, 1.82) is 0 Å². The molecule has 2 amide bonds. The fraction of sp³-hybridized carbons (Fsp3) is 0.720. The molecule has 0 aromatic rings. The van der Waals surface area contributed by atoms with Crippen LogP contribution in [0.25, 0.3) is 0 Å². The molecule has 0 bridgehead atoms. The van der Waals surface area contributed by atoms with Gasteiger partial charge in [-0.1, -0.05) is 44.6 Å². The second-order valence-electron chi connectivity index (χ2n) is 9.60. The van der Waals surface area contributed by atoms with Crippen molar-refractivity contribution in [2.45, 2.75) is 81.0 Å². The van der Waals surface area contributed by atoms with Gasteiger partial charge in [0.1, 0.15) is 6.04 Å². The number of hydrogen-bond acceptors (Lipinski definition) is 6. The first-order valence-electron chi connectivity index (χ1n) is 12.3. The zero-order valence-corrected chi connectivity index (χ0v) is 20.6. The van der Waals surface area contributed by atoms with E-state index in [1.165, 1.54) is 0 Å². The molecule has 0 saturated carbocycles. The summed E-state index contributed by atoms with van der Waals surface area (Å²) in [5.41, 5.74) is 0. The molecule has 33 heavy (non-hydrogen) atoms. The zero-order valence-electron chi connectivity index (χ0n) is 19.8. The lowest BCUT2D eigenvalue weighted by Gasteiger charge is -2.39. The molecule has 2 fully saturated rings. The SMILES string of the molecule is CCCC(C)N1CC=C[C@]23S[C@H]4/C=C\CCCOC(=O)[C@H]4[C@H]2C(=O)N([C@@H](CC)CO)C3C1=O. The van der Waals surface area contributed by atoms with Gasteiger partial charge in [0.2, 0.25) is 11.8 Å². The van der Waals surface area contributed by atoms with Crippen LogP contribution >= 0.6 is 11.8 Å². The third kappa shape index (κ3) is 3.93. The molecule has 7 nitrogen and oxygen atoms in total. The Morgan fingerprint density at radius 3 is 2.73 bits per heavy atom. The highest BCUT2D eigenvalue weighted by Gasteiger charge is 2.71.